The summed E-state index contributed by atoms with van der Waals surface area (Å²) >= 11 is 1.54. The summed E-state index contributed by atoms with van der Waals surface area (Å²) in [5.41, 5.74) is 1.84. The maximum Gasteiger partial charge on any atom is 0.414 e. The number of rotatable bonds is 3. The fraction of sp³-hybridized carbons (Fsp3) is 0.176. The molecule has 0 spiro atoms. The van der Waals surface area contributed by atoms with E-state index in [1.54, 1.807) is 28.8 Å². The third-order valence-electron chi connectivity index (χ3n) is 3.50. The van der Waals surface area contributed by atoms with Crippen LogP contribution in [0.15, 0.2) is 53.4 Å². The molecule has 0 fully saturated rings. The third-order valence-corrected chi connectivity index (χ3v) is 4.52. The number of hydrogen-bond acceptors (Lipinski definition) is 4. The second kappa shape index (κ2) is 6.75. The summed E-state index contributed by atoms with van der Waals surface area (Å²) in [7, 11) is 0. The lowest BCUT2D eigenvalue weighted by Crippen LogP contribution is -2.35. The van der Waals surface area contributed by atoms with Crippen molar-refractivity contribution in [3.05, 3.63) is 59.7 Å². The highest BCUT2D eigenvalue weighted by atomic mass is 32.2. The number of amides is 1. The smallest absolute Gasteiger partial charge is 0.414 e. The lowest BCUT2D eigenvalue weighted by atomic mass is 10.2. The van der Waals surface area contributed by atoms with E-state index in [0.717, 1.165) is 10.5 Å². The molecule has 2 aromatic rings. The summed E-state index contributed by atoms with van der Waals surface area (Å²) in [6.45, 7) is 0.754. The van der Waals surface area contributed by atoms with Crippen LogP contribution < -0.4 is 4.90 Å². The molecule has 0 radical (unpaired) electrons. The van der Waals surface area contributed by atoms with Gasteiger partial charge in [0.25, 0.3) is 0 Å². The maximum absolute atomic E-state index is 12.3. The Bertz CT molecular complexity index is 733. The first-order valence-electron chi connectivity index (χ1n) is 7.13. The minimum Gasteiger partial charge on any atom is -0.478 e. The van der Waals surface area contributed by atoms with E-state index in [1.165, 1.54) is 6.07 Å². The van der Waals surface area contributed by atoms with Crippen molar-refractivity contribution < 1.29 is 19.4 Å². The number of carbonyl (C=O) groups is 2. The summed E-state index contributed by atoms with van der Waals surface area (Å²) in [4.78, 5) is 25.7. The zero-order chi connectivity index (χ0) is 16.2. The van der Waals surface area contributed by atoms with Crippen LogP contribution in [-0.4, -0.2) is 29.5 Å². The Kier molecular flexibility index (Phi) is 4.52. The normalized spacial score (nSPS) is 13.3. The number of hydrogen-bond donors (Lipinski definition) is 1. The summed E-state index contributed by atoms with van der Waals surface area (Å²) in [5.74, 6) is -0.270. The summed E-state index contributed by atoms with van der Waals surface area (Å²) in [6.07, 6.45) is -0.418. The topological polar surface area (TPSA) is 66.8 Å². The molecule has 0 aromatic heterocycles. The quantitative estimate of drug-likeness (QED) is 0.931. The molecule has 0 atom stereocenters. The number of nitrogens with zero attached hydrogens (tertiary/aromatic N) is 1. The number of aromatic carboxylic acids is 1. The maximum atomic E-state index is 12.3. The molecule has 3 rings (SSSR count). The van der Waals surface area contributed by atoms with E-state index >= 15 is 0 Å². The van der Waals surface area contributed by atoms with Crippen LogP contribution in [0.2, 0.25) is 0 Å². The van der Waals surface area contributed by atoms with Crippen LogP contribution in [0.25, 0.3) is 0 Å². The lowest BCUT2D eigenvalue weighted by molar-refractivity contribution is 0.0696. The van der Waals surface area contributed by atoms with Crippen molar-refractivity contribution >= 4 is 29.5 Å². The van der Waals surface area contributed by atoms with Crippen molar-refractivity contribution in [2.75, 3.05) is 17.2 Å². The Morgan fingerprint density at radius 3 is 2.70 bits per heavy atom. The molecular weight excluding hydrogens is 314 g/mol. The Balaban J connectivity index is 1.74. The largest absolute Gasteiger partial charge is 0.478 e. The van der Waals surface area contributed by atoms with Crippen LogP contribution in [0.4, 0.5) is 10.5 Å². The van der Waals surface area contributed by atoms with Gasteiger partial charge in [0.1, 0.15) is 6.61 Å². The van der Waals surface area contributed by atoms with Crippen molar-refractivity contribution in [2.24, 2.45) is 0 Å². The molecule has 118 valence electrons. The molecule has 1 amide bonds. The second-order valence-corrected chi connectivity index (χ2v) is 6.16. The van der Waals surface area contributed by atoms with Crippen LogP contribution in [0.5, 0.6) is 0 Å². The highest BCUT2D eigenvalue weighted by Gasteiger charge is 2.25. The first-order valence-corrected chi connectivity index (χ1v) is 8.12. The van der Waals surface area contributed by atoms with Crippen LogP contribution in [-0.2, 0) is 11.3 Å². The van der Waals surface area contributed by atoms with Gasteiger partial charge in [0.05, 0.1) is 11.3 Å². The van der Waals surface area contributed by atoms with Crippen molar-refractivity contribution in [2.45, 2.75) is 11.5 Å². The molecule has 0 saturated heterocycles. The Labute approximate surface area is 137 Å². The van der Waals surface area contributed by atoms with Crippen LogP contribution in [0.3, 0.4) is 0 Å². The molecule has 2 aromatic carbocycles. The van der Waals surface area contributed by atoms with Crippen LogP contribution >= 0.6 is 11.8 Å². The van der Waals surface area contributed by atoms with Gasteiger partial charge >= 0.3 is 12.1 Å². The highest BCUT2D eigenvalue weighted by Crippen LogP contribution is 2.35. The Hall–Kier alpha value is -2.47. The lowest BCUT2D eigenvalue weighted by Gasteiger charge is -2.28. The third kappa shape index (κ3) is 3.48. The number of carbonyl (C=O) groups excluding carboxylic acids is 1. The number of carboxylic acids is 1. The highest BCUT2D eigenvalue weighted by molar-refractivity contribution is 7.99. The summed E-state index contributed by atoms with van der Waals surface area (Å²) in [6, 6.07) is 14.2. The van der Waals surface area contributed by atoms with E-state index in [4.69, 9.17) is 9.84 Å². The van der Waals surface area contributed by atoms with Crippen molar-refractivity contribution in [3.8, 4) is 0 Å². The molecule has 1 aliphatic rings. The van der Waals surface area contributed by atoms with Gasteiger partial charge in [-0.05, 0) is 23.8 Å². The molecule has 5 nitrogen and oxygen atoms in total. The van der Waals surface area contributed by atoms with E-state index < -0.39 is 12.1 Å². The van der Waals surface area contributed by atoms with Gasteiger partial charge < -0.3 is 9.84 Å². The average Bonchev–Trinajstić information content (AvgIpc) is 2.59. The van der Waals surface area contributed by atoms with Crippen molar-refractivity contribution in [1.82, 2.24) is 0 Å². The molecule has 23 heavy (non-hydrogen) atoms. The van der Waals surface area contributed by atoms with Crippen molar-refractivity contribution in [3.63, 3.8) is 0 Å². The number of ether oxygens (including phenoxy) is 1. The van der Waals surface area contributed by atoms with Crippen molar-refractivity contribution in [1.29, 1.82) is 0 Å². The van der Waals surface area contributed by atoms with Crippen LogP contribution in [0.1, 0.15) is 15.9 Å². The molecular formula is C17H15NO4S. The number of benzene rings is 2. The summed E-state index contributed by atoms with van der Waals surface area (Å²) < 4.78 is 5.36. The zero-order valence-electron chi connectivity index (χ0n) is 12.3. The molecule has 0 bridgehead atoms. The molecule has 1 N–H and O–H groups in total. The SMILES string of the molecule is O=C(O)c1ccc2c(c1)SCCN2C(=O)OCc1ccccc1. The van der Waals surface area contributed by atoms with Gasteiger partial charge in [-0.2, -0.15) is 0 Å². The molecule has 1 aliphatic heterocycles. The van der Waals surface area contributed by atoms with Gasteiger partial charge in [-0.3, -0.25) is 4.90 Å². The fourth-order valence-corrected chi connectivity index (χ4v) is 3.37. The van der Waals surface area contributed by atoms with E-state index in [9.17, 15) is 9.59 Å². The zero-order valence-corrected chi connectivity index (χ0v) is 13.1. The Morgan fingerprint density at radius 2 is 1.96 bits per heavy atom. The number of fused-ring (bicyclic) bond motifs is 1. The van der Waals surface area contributed by atoms with Gasteiger partial charge in [0.2, 0.25) is 0 Å². The molecule has 0 unspecified atom stereocenters. The monoisotopic (exact) mass is 329 g/mol. The number of anilines is 1. The van der Waals surface area contributed by atoms with E-state index in [2.05, 4.69) is 0 Å². The molecule has 1 heterocycles. The van der Waals surface area contributed by atoms with Gasteiger partial charge in [-0.25, -0.2) is 9.59 Å². The molecule has 6 heteroatoms. The Morgan fingerprint density at radius 1 is 1.17 bits per heavy atom. The predicted molar refractivity (Wildman–Crippen MR) is 88.1 cm³/mol. The predicted octanol–water partition coefficient (Wildman–Crippen LogP) is 3.63. The minimum atomic E-state index is -0.975. The van der Waals surface area contributed by atoms with Gasteiger partial charge in [-0.15, -0.1) is 11.8 Å². The number of thioether (sulfide) groups is 1. The molecule has 0 saturated carbocycles. The van der Waals surface area contributed by atoms with E-state index in [1.807, 2.05) is 30.3 Å². The average molecular weight is 329 g/mol. The first kappa shape index (κ1) is 15.4. The number of carboxylic acid groups (broad SMARTS) is 1. The summed E-state index contributed by atoms with van der Waals surface area (Å²) in [5, 5.41) is 9.06. The first-order chi connectivity index (χ1) is 11.1. The van der Waals surface area contributed by atoms with Crippen LogP contribution in [0, 0.1) is 0 Å². The van der Waals surface area contributed by atoms with Gasteiger partial charge in [0, 0.05) is 17.2 Å². The van der Waals surface area contributed by atoms with E-state index in [-0.39, 0.29) is 12.2 Å². The van der Waals surface area contributed by atoms with E-state index in [0.29, 0.717) is 18.0 Å². The van der Waals surface area contributed by atoms with Gasteiger partial charge in [-0.1, -0.05) is 30.3 Å². The second-order valence-electron chi connectivity index (χ2n) is 5.03. The minimum absolute atomic E-state index is 0.214. The molecule has 0 aliphatic carbocycles. The van der Waals surface area contributed by atoms with Gasteiger partial charge in [0.15, 0.2) is 0 Å². The standard InChI is InChI=1S/C17H15NO4S/c19-16(20)13-6-7-14-15(10-13)23-9-8-18(14)17(21)22-11-12-4-2-1-3-5-12/h1-7,10H,8-9,11H2,(H,19,20). The fourth-order valence-electron chi connectivity index (χ4n) is 2.34.